The third-order valence-electron chi connectivity index (χ3n) is 5.55. The maximum atomic E-state index is 11.0. The van der Waals surface area contributed by atoms with Crippen LogP contribution in [-0.2, 0) is 5.60 Å². The average Bonchev–Trinajstić information content (AvgIpc) is 2.57. The topological polar surface area (TPSA) is 52.5 Å². The number of phenols is 1. The second-order valence-electron chi connectivity index (χ2n) is 7.57. The number of benzene rings is 2. The molecule has 0 bridgehead atoms. The molecular formula is C22H29NO2. The molecule has 3 nitrogen and oxygen atoms in total. The minimum atomic E-state index is -0.704. The van der Waals surface area contributed by atoms with E-state index in [0.717, 1.165) is 47.9 Å². The maximum Gasteiger partial charge on any atom is 0.120 e. The molecule has 3 heteroatoms. The van der Waals surface area contributed by atoms with Crippen molar-refractivity contribution in [2.75, 3.05) is 0 Å². The van der Waals surface area contributed by atoms with E-state index in [-0.39, 0.29) is 6.04 Å². The lowest BCUT2D eigenvalue weighted by Gasteiger charge is -2.38. The number of hydrogen-bond acceptors (Lipinski definition) is 3. The van der Waals surface area contributed by atoms with Crippen LogP contribution in [0.25, 0.3) is 0 Å². The Morgan fingerprint density at radius 2 is 1.72 bits per heavy atom. The van der Waals surface area contributed by atoms with Crippen LogP contribution in [0.2, 0.25) is 0 Å². The Balaban J connectivity index is 1.65. The van der Waals surface area contributed by atoms with E-state index in [1.807, 2.05) is 43.3 Å². The minimum absolute atomic E-state index is 0.0912. The summed E-state index contributed by atoms with van der Waals surface area (Å²) in [5.41, 5.74) is 3.50. The van der Waals surface area contributed by atoms with E-state index in [9.17, 15) is 10.2 Å². The fourth-order valence-corrected chi connectivity index (χ4v) is 4.26. The molecule has 2 aromatic carbocycles. The number of aliphatic hydroxyl groups is 1. The monoisotopic (exact) mass is 339 g/mol. The highest BCUT2D eigenvalue weighted by Crippen LogP contribution is 2.38. The number of nitrogens with one attached hydrogen (secondary N) is 1. The first kappa shape index (κ1) is 18.0. The van der Waals surface area contributed by atoms with Crippen molar-refractivity contribution in [2.45, 2.75) is 64.1 Å². The number of aryl methyl sites for hydroxylation is 2. The second-order valence-corrected chi connectivity index (χ2v) is 7.57. The highest BCUT2D eigenvalue weighted by Gasteiger charge is 2.35. The van der Waals surface area contributed by atoms with E-state index >= 15 is 0 Å². The van der Waals surface area contributed by atoms with Crippen molar-refractivity contribution in [2.24, 2.45) is 0 Å². The summed E-state index contributed by atoms with van der Waals surface area (Å²) in [7, 11) is 0. The Morgan fingerprint density at radius 1 is 1.08 bits per heavy atom. The van der Waals surface area contributed by atoms with Gasteiger partial charge in [0.1, 0.15) is 5.75 Å². The van der Waals surface area contributed by atoms with E-state index in [2.05, 4.69) is 25.2 Å². The normalized spacial score (nSPS) is 24.9. The van der Waals surface area contributed by atoms with Crippen LogP contribution >= 0.6 is 0 Å². The molecule has 0 radical (unpaired) electrons. The van der Waals surface area contributed by atoms with Gasteiger partial charge in [0.2, 0.25) is 0 Å². The molecule has 1 fully saturated rings. The zero-order chi connectivity index (χ0) is 18.0. The van der Waals surface area contributed by atoms with Gasteiger partial charge in [-0.2, -0.15) is 0 Å². The van der Waals surface area contributed by atoms with Crippen LogP contribution in [0, 0.1) is 13.8 Å². The van der Waals surface area contributed by atoms with E-state index in [4.69, 9.17) is 0 Å². The van der Waals surface area contributed by atoms with Crippen LogP contribution in [0.15, 0.2) is 42.5 Å². The van der Waals surface area contributed by atoms with Crippen LogP contribution < -0.4 is 5.32 Å². The molecule has 0 aromatic heterocycles. The first-order valence-electron chi connectivity index (χ1n) is 9.23. The molecule has 3 N–H and O–H groups in total. The average molecular weight is 339 g/mol. The number of phenolic OH excluding ortho intramolecular Hbond substituents is 1. The van der Waals surface area contributed by atoms with Gasteiger partial charge >= 0.3 is 0 Å². The number of rotatable bonds is 4. The third-order valence-corrected chi connectivity index (χ3v) is 5.55. The SMILES string of the molecule is Cc1cc(C)c([C@@H](C)NC2CCC(O)(c3ccccc3)CC2)c(O)c1. The van der Waals surface area contributed by atoms with Crippen LogP contribution in [0.3, 0.4) is 0 Å². The van der Waals surface area contributed by atoms with Crippen molar-refractivity contribution < 1.29 is 10.2 Å². The zero-order valence-electron chi connectivity index (χ0n) is 15.4. The van der Waals surface area contributed by atoms with Gasteiger partial charge in [0.05, 0.1) is 5.60 Å². The van der Waals surface area contributed by atoms with Crippen LogP contribution in [-0.4, -0.2) is 16.3 Å². The Hall–Kier alpha value is -1.84. The summed E-state index contributed by atoms with van der Waals surface area (Å²) in [5, 5.41) is 24.9. The predicted octanol–water partition coefficient (Wildman–Crippen LogP) is 4.49. The third kappa shape index (κ3) is 3.88. The van der Waals surface area contributed by atoms with E-state index in [1.165, 1.54) is 0 Å². The summed E-state index contributed by atoms with van der Waals surface area (Å²) < 4.78 is 0. The van der Waals surface area contributed by atoms with Gasteiger partial charge in [-0.05, 0) is 69.2 Å². The van der Waals surface area contributed by atoms with Gasteiger partial charge in [-0.1, -0.05) is 36.4 Å². The smallest absolute Gasteiger partial charge is 0.120 e. The maximum absolute atomic E-state index is 11.0. The first-order chi connectivity index (χ1) is 11.9. The lowest BCUT2D eigenvalue weighted by Crippen LogP contribution is -2.40. The standard InChI is InChI=1S/C22H29NO2/c1-15-13-16(2)21(20(24)14-15)17(3)23-19-9-11-22(25,12-10-19)18-7-5-4-6-8-18/h4-8,13-14,17,19,23-25H,9-12H2,1-3H3/t17-,19?,22?/m1/s1. The quantitative estimate of drug-likeness (QED) is 0.769. The van der Waals surface area contributed by atoms with Gasteiger partial charge in [0.25, 0.3) is 0 Å². The van der Waals surface area contributed by atoms with Crippen LogP contribution in [0.5, 0.6) is 5.75 Å². The predicted molar refractivity (Wildman–Crippen MR) is 102 cm³/mol. The number of aromatic hydroxyl groups is 1. The van der Waals surface area contributed by atoms with Gasteiger partial charge in [-0.25, -0.2) is 0 Å². The lowest BCUT2D eigenvalue weighted by atomic mass is 9.77. The second kappa shape index (κ2) is 7.19. The molecule has 1 aliphatic rings. The van der Waals surface area contributed by atoms with Crippen molar-refractivity contribution in [3.63, 3.8) is 0 Å². The summed E-state index contributed by atoms with van der Waals surface area (Å²) in [6.45, 7) is 6.16. The Bertz CT molecular complexity index is 695. The van der Waals surface area contributed by atoms with Crippen molar-refractivity contribution in [1.82, 2.24) is 5.32 Å². The molecular weight excluding hydrogens is 310 g/mol. The zero-order valence-corrected chi connectivity index (χ0v) is 15.4. The molecule has 0 unspecified atom stereocenters. The van der Waals surface area contributed by atoms with Crippen LogP contribution in [0.1, 0.15) is 60.9 Å². The molecule has 1 aliphatic carbocycles. The van der Waals surface area contributed by atoms with E-state index in [1.54, 1.807) is 0 Å². The summed E-state index contributed by atoms with van der Waals surface area (Å²) in [4.78, 5) is 0. The van der Waals surface area contributed by atoms with Crippen molar-refractivity contribution in [3.8, 4) is 5.75 Å². The lowest BCUT2D eigenvalue weighted by molar-refractivity contribution is -0.00925. The van der Waals surface area contributed by atoms with Crippen molar-refractivity contribution in [1.29, 1.82) is 0 Å². The number of hydrogen-bond donors (Lipinski definition) is 3. The van der Waals surface area contributed by atoms with E-state index < -0.39 is 5.60 Å². The van der Waals surface area contributed by atoms with Gasteiger partial charge in [-0.15, -0.1) is 0 Å². The Labute approximate surface area is 150 Å². The van der Waals surface area contributed by atoms with Crippen LogP contribution in [0.4, 0.5) is 0 Å². The summed E-state index contributed by atoms with van der Waals surface area (Å²) in [6.07, 6.45) is 3.39. The molecule has 0 heterocycles. The molecule has 0 amide bonds. The molecule has 134 valence electrons. The molecule has 0 aliphatic heterocycles. The summed E-state index contributed by atoms with van der Waals surface area (Å²) in [5.74, 6) is 0.370. The van der Waals surface area contributed by atoms with Gasteiger partial charge in [0.15, 0.2) is 0 Å². The first-order valence-corrected chi connectivity index (χ1v) is 9.23. The van der Waals surface area contributed by atoms with Gasteiger partial charge < -0.3 is 15.5 Å². The molecule has 0 saturated heterocycles. The highest BCUT2D eigenvalue weighted by molar-refractivity contribution is 5.44. The molecule has 3 rings (SSSR count). The Morgan fingerprint density at radius 3 is 2.32 bits per heavy atom. The van der Waals surface area contributed by atoms with Crippen molar-refractivity contribution >= 4 is 0 Å². The molecule has 1 atom stereocenters. The molecule has 0 spiro atoms. The summed E-state index contributed by atoms with van der Waals surface area (Å²) in [6, 6.07) is 14.4. The largest absolute Gasteiger partial charge is 0.508 e. The fourth-order valence-electron chi connectivity index (χ4n) is 4.26. The summed E-state index contributed by atoms with van der Waals surface area (Å²) >= 11 is 0. The molecule has 1 saturated carbocycles. The fraction of sp³-hybridized carbons (Fsp3) is 0.455. The van der Waals surface area contributed by atoms with Gasteiger partial charge in [-0.3, -0.25) is 0 Å². The highest BCUT2D eigenvalue weighted by atomic mass is 16.3. The Kier molecular flexibility index (Phi) is 5.16. The van der Waals surface area contributed by atoms with Gasteiger partial charge in [0, 0.05) is 17.6 Å². The molecule has 25 heavy (non-hydrogen) atoms. The minimum Gasteiger partial charge on any atom is -0.508 e. The molecule has 2 aromatic rings. The van der Waals surface area contributed by atoms with E-state index in [0.29, 0.717) is 11.8 Å². The van der Waals surface area contributed by atoms with Crippen molar-refractivity contribution in [3.05, 3.63) is 64.7 Å².